The van der Waals surface area contributed by atoms with E-state index in [2.05, 4.69) is 0 Å². The van der Waals surface area contributed by atoms with Crippen LogP contribution >= 0.6 is 0 Å². The summed E-state index contributed by atoms with van der Waals surface area (Å²) in [6.45, 7) is -0.714. The third kappa shape index (κ3) is 3.34. The van der Waals surface area contributed by atoms with Gasteiger partial charge in [-0.25, -0.2) is 0 Å². The third-order valence-electron chi connectivity index (χ3n) is 5.24. The zero-order valence-electron chi connectivity index (χ0n) is 16.5. The van der Waals surface area contributed by atoms with Gasteiger partial charge in [-0.15, -0.1) is 0 Å². The van der Waals surface area contributed by atoms with Crippen molar-refractivity contribution >= 4 is 21.9 Å². The molecule has 1 saturated heterocycles. The number of aromatic hydroxyl groups is 3. The zero-order chi connectivity index (χ0) is 23.3. The summed E-state index contributed by atoms with van der Waals surface area (Å²) in [4.78, 5) is 13.0. The van der Waals surface area contributed by atoms with E-state index >= 15 is 0 Å². The van der Waals surface area contributed by atoms with Crippen LogP contribution in [0.25, 0.3) is 21.9 Å². The Morgan fingerprint density at radius 2 is 1.69 bits per heavy atom. The highest BCUT2D eigenvalue weighted by Gasteiger charge is 2.45. The van der Waals surface area contributed by atoms with Crippen molar-refractivity contribution < 1.29 is 54.4 Å². The molecule has 0 bridgehead atoms. The highest BCUT2D eigenvalue weighted by molar-refractivity contribution is 5.98. The first kappa shape index (κ1) is 21.9. The van der Waals surface area contributed by atoms with Crippen molar-refractivity contribution in [2.45, 2.75) is 30.7 Å². The zero-order valence-corrected chi connectivity index (χ0v) is 16.5. The van der Waals surface area contributed by atoms with Crippen molar-refractivity contribution in [3.05, 3.63) is 28.4 Å². The van der Waals surface area contributed by atoms with E-state index in [1.165, 1.54) is 13.2 Å². The molecule has 0 amide bonds. The molecule has 3 aromatic rings. The van der Waals surface area contributed by atoms with Crippen LogP contribution in [-0.2, 0) is 4.74 Å². The molecule has 12 nitrogen and oxygen atoms in total. The fourth-order valence-corrected chi connectivity index (χ4v) is 3.54. The van der Waals surface area contributed by atoms with Crippen LogP contribution in [0, 0.1) is 0 Å². The first-order valence-corrected chi connectivity index (χ1v) is 9.37. The summed E-state index contributed by atoms with van der Waals surface area (Å²) >= 11 is 0. The first-order valence-electron chi connectivity index (χ1n) is 9.37. The van der Waals surface area contributed by atoms with Crippen molar-refractivity contribution in [3.63, 3.8) is 0 Å². The number of hydrogen-bond donors (Lipinski definition) is 7. The minimum Gasteiger partial charge on any atom is -0.507 e. The van der Waals surface area contributed by atoms with Gasteiger partial charge in [0, 0.05) is 12.1 Å². The van der Waals surface area contributed by atoms with Gasteiger partial charge < -0.3 is 54.4 Å². The van der Waals surface area contributed by atoms with Gasteiger partial charge in [-0.1, -0.05) is 0 Å². The molecule has 4 rings (SSSR count). The molecule has 7 N–H and O–H groups in total. The van der Waals surface area contributed by atoms with Crippen LogP contribution in [0.15, 0.2) is 27.4 Å². The molecular weight excluding hydrogens is 432 g/mol. The molecule has 1 fully saturated rings. The molecule has 0 radical (unpaired) electrons. The average Bonchev–Trinajstić information content (AvgIpc) is 2.75. The van der Waals surface area contributed by atoms with E-state index in [-0.39, 0.29) is 27.9 Å². The Bertz CT molecular complexity index is 1230. The highest BCUT2D eigenvalue weighted by Crippen LogP contribution is 2.42. The van der Waals surface area contributed by atoms with Crippen LogP contribution in [0.1, 0.15) is 0 Å². The topological polar surface area (TPSA) is 200 Å². The van der Waals surface area contributed by atoms with Gasteiger partial charge >= 0.3 is 0 Å². The second kappa shape index (κ2) is 8.00. The van der Waals surface area contributed by atoms with Crippen LogP contribution in [0.4, 0.5) is 0 Å². The number of rotatable bonds is 4. The van der Waals surface area contributed by atoms with Crippen molar-refractivity contribution in [2.24, 2.45) is 0 Å². The number of ether oxygens (including phenoxy) is 3. The van der Waals surface area contributed by atoms with Crippen LogP contribution in [0.5, 0.6) is 28.7 Å². The number of methoxy groups -OCH3 is 1. The maximum absolute atomic E-state index is 13.0. The van der Waals surface area contributed by atoms with Gasteiger partial charge in [-0.2, -0.15) is 0 Å². The molecule has 5 atom stereocenters. The average molecular weight is 452 g/mol. The van der Waals surface area contributed by atoms with Crippen molar-refractivity contribution in [1.29, 1.82) is 0 Å². The highest BCUT2D eigenvalue weighted by atomic mass is 16.7. The van der Waals surface area contributed by atoms with Gasteiger partial charge in [0.2, 0.25) is 17.5 Å². The van der Waals surface area contributed by atoms with Gasteiger partial charge in [-0.05, 0) is 6.07 Å². The Kier molecular flexibility index (Phi) is 5.48. The lowest BCUT2D eigenvalue weighted by Gasteiger charge is -2.39. The van der Waals surface area contributed by atoms with E-state index in [1.807, 2.05) is 0 Å². The molecule has 0 aliphatic carbocycles. The number of aliphatic hydroxyl groups is 4. The maximum Gasteiger partial charge on any atom is 0.229 e. The maximum atomic E-state index is 13.0. The van der Waals surface area contributed by atoms with E-state index in [9.17, 15) is 40.5 Å². The summed E-state index contributed by atoms with van der Waals surface area (Å²) in [5.74, 6) is -2.23. The Labute approximate surface area is 178 Å². The van der Waals surface area contributed by atoms with Crippen LogP contribution in [-0.4, -0.2) is 80.2 Å². The molecule has 172 valence electrons. The van der Waals surface area contributed by atoms with Crippen molar-refractivity contribution in [1.82, 2.24) is 0 Å². The van der Waals surface area contributed by atoms with E-state index in [0.717, 1.165) is 12.1 Å². The molecule has 0 spiro atoms. The predicted octanol–water partition coefficient (Wildman–Crippen LogP) is -0.750. The number of phenolic OH excluding ortho intramolecular Hbond substituents is 3. The molecule has 2 heterocycles. The Balaban J connectivity index is 1.90. The Morgan fingerprint density at radius 3 is 2.34 bits per heavy atom. The number of aliphatic hydroxyl groups excluding tert-OH is 4. The summed E-state index contributed by atoms with van der Waals surface area (Å²) in [6.07, 6.45) is -8.19. The molecule has 1 aliphatic rings. The minimum absolute atomic E-state index is 0.0137. The molecule has 1 aromatic heterocycles. The molecule has 0 unspecified atom stereocenters. The fraction of sp³-hybridized carbons (Fsp3) is 0.350. The lowest BCUT2D eigenvalue weighted by molar-refractivity contribution is -0.277. The fourth-order valence-electron chi connectivity index (χ4n) is 3.54. The summed E-state index contributed by atoms with van der Waals surface area (Å²) < 4.78 is 21.3. The Hall–Kier alpha value is -3.29. The molecule has 32 heavy (non-hydrogen) atoms. The van der Waals surface area contributed by atoms with Gasteiger partial charge in [-0.3, -0.25) is 4.79 Å². The second-order valence-electron chi connectivity index (χ2n) is 7.21. The van der Waals surface area contributed by atoms with E-state index in [4.69, 9.17) is 18.6 Å². The summed E-state index contributed by atoms with van der Waals surface area (Å²) in [5, 5.41) is 69.6. The van der Waals surface area contributed by atoms with Crippen molar-refractivity contribution in [3.8, 4) is 28.7 Å². The van der Waals surface area contributed by atoms with Gasteiger partial charge in [0.05, 0.1) is 19.1 Å². The van der Waals surface area contributed by atoms with E-state index in [1.54, 1.807) is 0 Å². The quantitative estimate of drug-likeness (QED) is 0.245. The number of fused-ring (bicyclic) bond motifs is 2. The number of benzene rings is 2. The summed E-state index contributed by atoms with van der Waals surface area (Å²) in [7, 11) is 1.28. The lowest BCUT2D eigenvalue weighted by atomic mass is 9.99. The summed E-state index contributed by atoms with van der Waals surface area (Å²) in [5.41, 5.74) is -1.32. The first-order chi connectivity index (χ1) is 15.2. The van der Waals surface area contributed by atoms with Crippen LogP contribution in [0.3, 0.4) is 0 Å². The van der Waals surface area contributed by atoms with Gasteiger partial charge in [0.25, 0.3) is 0 Å². The van der Waals surface area contributed by atoms with Gasteiger partial charge in [0.1, 0.15) is 41.1 Å². The second-order valence-corrected chi connectivity index (χ2v) is 7.21. The minimum atomic E-state index is -1.81. The number of phenols is 3. The summed E-state index contributed by atoms with van der Waals surface area (Å²) in [6, 6.07) is 3.11. The normalized spacial score (nSPS) is 25.8. The monoisotopic (exact) mass is 452 g/mol. The van der Waals surface area contributed by atoms with Gasteiger partial charge in [0.15, 0.2) is 22.8 Å². The SMILES string of the molecule is COc1cc2c(=O)c3c(O)cc(O)c(O[C@@H]4O[C@H](CO)[C@@H](O)[C@H](O)[C@H]4O)c3oc2cc1O. The smallest absolute Gasteiger partial charge is 0.229 e. The number of hydrogen-bond acceptors (Lipinski definition) is 12. The van der Waals surface area contributed by atoms with Crippen LogP contribution < -0.4 is 14.9 Å². The molecule has 1 aliphatic heterocycles. The van der Waals surface area contributed by atoms with Crippen LogP contribution in [0.2, 0.25) is 0 Å². The standard InChI is InChI=1S/C20H20O12/c1-29-11-2-6-10(4-7(11)22)30-19-13(14(6)25)8(23)3-9(24)18(19)32-20-17(28)16(27)15(26)12(5-21)31-20/h2-4,12,15-17,20-24,26-28H,5H2,1H3/t12-,15-,16+,17-,20+/m1/s1. The molecule has 12 heteroatoms. The molecule has 2 aromatic carbocycles. The molecular formula is C20H20O12. The third-order valence-corrected chi connectivity index (χ3v) is 5.24. The lowest BCUT2D eigenvalue weighted by Crippen LogP contribution is -2.60. The van der Waals surface area contributed by atoms with Crippen molar-refractivity contribution in [2.75, 3.05) is 13.7 Å². The molecule has 0 saturated carbocycles. The Morgan fingerprint density at radius 1 is 0.969 bits per heavy atom. The largest absolute Gasteiger partial charge is 0.507 e. The van der Waals surface area contributed by atoms with E-state index < -0.39 is 65.6 Å². The van der Waals surface area contributed by atoms with E-state index in [0.29, 0.717) is 0 Å². The predicted molar refractivity (Wildman–Crippen MR) is 106 cm³/mol.